The summed E-state index contributed by atoms with van der Waals surface area (Å²) < 4.78 is 0. The van der Waals surface area contributed by atoms with Crippen LogP contribution in [0.1, 0.15) is 40.3 Å². The Labute approximate surface area is 341 Å². The standard InChI is InChI=1S/C56H44N2/c1-2-57(45-13-5-3-6-14-45)48-31-33-50-42(36-48)25-26-43-37-49(32-34-51(43)50)58(46-15-7-4-8-16-46)47-29-21-39(22-30-47)38-56(44-28-27-40-23-24-41(40)35-44)54-19-11-9-17-52(54)53-18-10-12-20-55(53)56/h3-22,25-37H,2,23-24,38H2,1H3. The predicted octanol–water partition coefficient (Wildman–Crippen LogP) is 14.3. The van der Waals surface area contributed by atoms with Gasteiger partial charge in [0, 0.05) is 35.0 Å². The number of aryl methyl sites for hydroxylation is 2. The van der Waals surface area contributed by atoms with E-state index in [0.29, 0.717) is 0 Å². The lowest BCUT2D eigenvalue weighted by molar-refractivity contribution is 0.625. The van der Waals surface area contributed by atoms with Crippen LogP contribution in [0.5, 0.6) is 0 Å². The summed E-state index contributed by atoms with van der Waals surface area (Å²) in [5.74, 6) is 0. The second-order valence-electron chi connectivity index (χ2n) is 16.0. The zero-order chi connectivity index (χ0) is 38.6. The molecule has 2 nitrogen and oxygen atoms in total. The van der Waals surface area contributed by atoms with Crippen molar-refractivity contribution >= 4 is 50.0 Å². The van der Waals surface area contributed by atoms with Gasteiger partial charge in [0.05, 0.1) is 5.41 Å². The van der Waals surface area contributed by atoms with E-state index in [1.807, 2.05) is 0 Å². The molecule has 11 rings (SSSR count). The maximum atomic E-state index is 2.51. The van der Waals surface area contributed by atoms with E-state index in [9.17, 15) is 0 Å². The Bertz CT molecular complexity index is 2920. The lowest BCUT2D eigenvalue weighted by atomic mass is 9.67. The Morgan fingerprint density at radius 3 is 1.57 bits per heavy atom. The molecule has 0 N–H and O–H groups in total. The number of benzene rings is 9. The van der Waals surface area contributed by atoms with Crippen molar-refractivity contribution < 1.29 is 0 Å². The SMILES string of the molecule is CCN(c1ccccc1)c1ccc2c(ccc3cc(N(c4ccccc4)c4ccc(CC5(c6ccc7c(c6)CC7)c6ccccc6-c6ccccc65)cc4)ccc32)c1. The van der Waals surface area contributed by atoms with E-state index in [1.54, 1.807) is 0 Å². The Balaban J connectivity index is 0.972. The van der Waals surface area contributed by atoms with Crippen molar-refractivity contribution in [3.05, 3.63) is 234 Å². The summed E-state index contributed by atoms with van der Waals surface area (Å²) in [4.78, 5) is 4.76. The van der Waals surface area contributed by atoms with Crippen LogP contribution in [0.3, 0.4) is 0 Å². The van der Waals surface area contributed by atoms with Gasteiger partial charge in [-0.1, -0.05) is 140 Å². The molecule has 278 valence electrons. The third kappa shape index (κ3) is 5.55. The largest absolute Gasteiger partial charge is 0.342 e. The molecule has 0 atom stereocenters. The minimum absolute atomic E-state index is 0.267. The van der Waals surface area contributed by atoms with Gasteiger partial charge in [-0.3, -0.25) is 0 Å². The monoisotopic (exact) mass is 744 g/mol. The van der Waals surface area contributed by atoms with Crippen LogP contribution >= 0.6 is 0 Å². The van der Waals surface area contributed by atoms with Gasteiger partial charge in [0.2, 0.25) is 0 Å². The normalized spacial score (nSPS) is 13.4. The van der Waals surface area contributed by atoms with Gasteiger partial charge in [0.15, 0.2) is 0 Å². The number of para-hydroxylation sites is 2. The average molecular weight is 745 g/mol. The van der Waals surface area contributed by atoms with Crippen LogP contribution in [0.2, 0.25) is 0 Å². The Hall–Kier alpha value is -6.90. The highest BCUT2D eigenvalue weighted by atomic mass is 15.1. The molecular formula is C56H44N2. The second kappa shape index (κ2) is 13.9. The molecule has 58 heavy (non-hydrogen) atoms. The lowest BCUT2D eigenvalue weighted by Crippen LogP contribution is -2.30. The van der Waals surface area contributed by atoms with E-state index in [4.69, 9.17) is 0 Å². The first-order valence-corrected chi connectivity index (χ1v) is 20.7. The number of rotatable bonds is 9. The maximum absolute atomic E-state index is 2.51. The van der Waals surface area contributed by atoms with Gasteiger partial charge in [-0.25, -0.2) is 0 Å². The molecule has 2 aliphatic carbocycles. The minimum atomic E-state index is -0.267. The van der Waals surface area contributed by atoms with Gasteiger partial charge in [-0.15, -0.1) is 0 Å². The maximum Gasteiger partial charge on any atom is 0.0503 e. The molecule has 0 spiro atoms. The van der Waals surface area contributed by atoms with Gasteiger partial charge in [-0.05, 0) is 153 Å². The van der Waals surface area contributed by atoms with Crippen LogP contribution < -0.4 is 9.80 Å². The van der Waals surface area contributed by atoms with Crippen molar-refractivity contribution in [2.75, 3.05) is 16.3 Å². The van der Waals surface area contributed by atoms with Gasteiger partial charge in [-0.2, -0.15) is 0 Å². The summed E-state index contributed by atoms with van der Waals surface area (Å²) >= 11 is 0. The summed E-state index contributed by atoms with van der Waals surface area (Å²) in [6, 6.07) is 74.6. The minimum Gasteiger partial charge on any atom is -0.342 e. The lowest BCUT2D eigenvalue weighted by Gasteiger charge is -2.35. The van der Waals surface area contributed by atoms with Crippen LogP contribution in [0, 0.1) is 0 Å². The van der Waals surface area contributed by atoms with E-state index >= 15 is 0 Å². The summed E-state index contributed by atoms with van der Waals surface area (Å²) in [5, 5.41) is 5.00. The van der Waals surface area contributed by atoms with Gasteiger partial charge in [0.1, 0.15) is 0 Å². The highest BCUT2D eigenvalue weighted by molar-refractivity contribution is 6.09. The van der Waals surface area contributed by atoms with Gasteiger partial charge in [0.25, 0.3) is 0 Å². The molecule has 0 saturated heterocycles. The fourth-order valence-corrected chi connectivity index (χ4v) is 9.96. The number of hydrogen-bond acceptors (Lipinski definition) is 2. The Kier molecular flexibility index (Phi) is 8.25. The zero-order valence-corrected chi connectivity index (χ0v) is 32.8. The molecule has 0 aromatic heterocycles. The first kappa shape index (κ1) is 34.4. The van der Waals surface area contributed by atoms with E-state index in [0.717, 1.165) is 30.0 Å². The van der Waals surface area contributed by atoms with Crippen molar-refractivity contribution in [3.8, 4) is 11.1 Å². The molecule has 2 aliphatic rings. The molecule has 0 saturated carbocycles. The van der Waals surface area contributed by atoms with Crippen molar-refractivity contribution in [1.29, 1.82) is 0 Å². The summed E-state index contributed by atoms with van der Waals surface area (Å²) in [7, 11) is 0. The van der Waals surface area contributed by atoms with Crippen molar-refractivity contribution in [1.82, 2.24) is 0 Å². The quantitative estimate of drug-likeness (QED) is 0.136. The fraction of sp³-hybridized carbons (Fsp3) is 0.107. The van der Waals surface area contributed by atoms with E-state index in [1.165, 1.54) is 90.3 Å². The summed E-state index contributed by atoms with van der Waals surface area (Å²) in [6.45, 7) is 3.11. The number of nitrogens with zero attached hydrogens (tertiary/aromatic N) is 2. The van der Waals surface area contributed by atoms with Crippen LogP contribution in [-0.4, -0.2) is 6.54 Å². The third-order valence-electron chi connectivity index (χ3n) is 12.9. The van der Waals surface area contributed by atoms with Crippen LogP contribution in [-0.2, 0) is 24.7 Å². The molecule has 9 aromatic carbocycles. The number of hydrogen-bond donors (Lipinski definition) is 0. The first-order valence-electron chi connectivity index (χ1n) is 20.7. The van der Waals surface area contributed by atoms with Crippen LogP contribution in [0.25, 0.3) is 32.7 Å². The molecule has 0 amide bonds. The van der Waals surface area contributed by atoms with Crippen LogP contribution in [0.15, 0.2) is 200 Å². The number of anilines is 5. The summed E-state index contributed by atoms with van der Waals surface area (Å²) in [5.41, 5.74) is 16.8. The molecular weight excluding hydrogens is 701 g/mol. The molecule has 0 aliphatic heterocycles. The highest BCUT2D eigenvalue weighted by Crippen LogP contribution is 2.54. The molecule has 0 heterocycles. The average Bonchev–Trinajstić information content (AvgIpc) is 3.55. The smallest absolute Gasteiger partial charge is 0.0503 e. The molecule has 9 aromatic rings. The summed E-state index contributed by atoms with van der Waals surface area (Å²) in [6.07, 6.45) is 3.25. The Morgan fingerprint density at radius 2 is 0.966 bits per heavy atom. The number of fused-ring (bicyclic) bond motifs is 7. The van der Waals surface area contributed by atoms with E-state index < -0.39 is 0 Å². The molecule has 0 bridgehead atoms. The predicted molar refractivity (Wildman–Crippen MR) is 245 cm³/mol. The van der Waals surface area contributed by atoms with Crippen molar-refractivity contribution in [3.63, 3.8) is 0 Å². The zero-order valence-electron chi connectivity index (χ0n) is 32.8. The molecule has 2 heteroatoms. The van der Waals surface area contributed by atoms with Gasteiger partial charge < -0.3 is 9.80 Å². The highest BCUT2D eigenvalue weighted by Gasteiger charge is 2.45. The van der Waals surface area contributed by atoms with Crippen molar-refractivity contribution in [2.45, 2.75) is 31.6 Å². The molecule has 0 radical (unpaired) electrons. The fourth-order valence-electron chi connectivity index (χ4n) is 9.96. The first-order chi connectivity index (χ1) is 28.7. The van der Waals surface area contributed by atoms with Crippen LogP contribution in [0.4, 0.5) is 28.4 Å². The topological polar surface area (TPSA) is 6.48 Å². The Morgan fingerprint density at radius 1 is 0.431 bits per heavy atom. The van der Waals surface area contributed by atoms with Gasteiger partial charge >= 0.3 is 0 Å². The molecule has 0 fully saturated rings. The van der Waals surface area contributed by atoms with E-state index in [-0.39, 0.29) is 5.41 Å². The second-order valence-corrected chi connectivity index (χ2v) is 16.0. The van der Waals surface area contributed by atoms with Crippen molar-refractivity contribution in [2.24, 2.45) is 0 Å². The third-order valence-corrected chi connectivity index (χ3v) is 12.9. The van der Waals surface area contributed by atoms with E-state index in [2.05, 4.69) is 217 Å². The molecule has 0 unspecified atom stereocenters.